The van der Waals surface area contributed by atoms with Gasteiger partial charge in [0, 0.05) is 17.1 Å². The minimum atomic E-state index is -0.170. The molecular weight excluding hydrogens is 384 g/mol. The fourth-order valence-electron chi connectivity index (χ4n) is 2.60. The van der Waals surface area contributed by atoms with Gasteiger partial charge in [0.05, 0.1) is 19.9 Å². The summed E-state index contributed by atoms with van der Waals surface area (Å²) in [7, 11) is 3.18. The van der Waals surface area contributed by atoms with Crippen molar-refractivity contribution in [3.05, 3.63) is 63.6 Å². The highest BCUT2D eigenvalue weighted by Crippen LogP contribution is 2.35. The zero-order valence-electron chi connectivity index (χ0n) is 15.2. The molecule has 7 heteroatoms. The van der Waals surface area contributed by atoms with Crippen LogP contribution < -0.4 is 14.8 Å². The Bertz CT molecular complexity index is 972. The molecule has 27 heavy (non-hydrogen) atoms. The van der Waals surface area contributed by atoms with Crippen molar-refractivity contribution in [2.45, 2.75) is 13.5 Å². The smallest absolute Gasteiger partial charge is 0.263 e. The van der Waals surface area contributed by atoms with Crippen LogP contribution in [0.2, 0.25) is 5.02 Å². The molecule has 2 aromatic carbocycles. The average Bonchev–Trinajstić information content (AvgIpc) is 3.08. The van der Waals surface area contributed by atoms with Gasteiger partial charge in [0.25, 0.3) is 5.91 Å². The number of nitrogens with one attached hydrogen (secondary N) is 1. The molecule has 0 saturated heterocycles. The van der Waals surface area contributed by atoms with Crippen molar-refractivity contribution < 1.29 is 14.3 Å². The van der Waals surface area contributed by atoms with Gasteiger partial charge in [-0.2, -0.15) is 0 Å². The van der Waals surface area contributed by atoms with Crippen LogP contribution in [0.1, 0.15) is 20.9 Å². The van der Waals surface area contributed by atoms with Gasteiger partial charge in [0.15, 0.2) is 11.5 Å². The number of halogens is 1. The molecule has 1 aromatic heterocycles. The second-order valence-electron chi connectivity index (χ2n) is 5.78. The summed E-state index contributed by atoms with van der Waals surface area (Å²) in [5, 5.41) is 4.28. The molecule has 3 aromatic rings. The molecule has 5 nitrogen and oxygen atoms in total. The van der Waals surface area contributed by atoms with E-state index in [1.165, 1.54) is 11.3 Å². The van der Waals surface area contributed by atoms with E-state index < -0.39 is 0 Å². The maximum Gasteiger partial charge on any atom is 0.263 e. The number of nitrogens with zero attached hydrogens (tertiary/aromatic N) is 1. The third-order valence-corrected chi connectivity index (χ3v) is 5.60. The number of ether oxygens (including phenoxy) is 2. The number of methoxy groups -OCH3 is 2. The van der Waals surface area contributed by atoms with Gasteiger partial charge in [-0.05, 0) is 36.8 Å². The van der Waals surface area contributed by atoms with E-state index in [4.69, 9.17) is 21.1 Å². The van der Waals surface area contributed by atoms with Gasteiger partial charge in [-0.3, -0.25) is 4.79 Å². The van der Waals surface area contributed by atoms with Crippen molar-refractivity contribution in [2.24, 2.45) is 0 Å². The Kier molecular flexibility index (Phi) is 5.98. The summed E-state index contributed by atoms with van der Waals surface area (Å²) in [6, 6.07) is 13.0. The molecule has 0 unspecified atom stereocenters. The van der Waals surface area contributed by atoms with E-state index in [1.807, 2.05) is 43.3 Å². The standard InChI is InChI=1S/C20H19ClN2O3S/c1-12-18(19(24)22-11-14-6-4-5-7-15(14)21)27-20(23-12)13-8-9-16(25-2)17(10-13)26-3/h4-10H,11H2,1-3H3,(H,22,24). The molecule has 1 amide bonds. The molecular formula is C20H19ClN2O3S. The van der Waals surface area contributed by atoms with E-state index in [0.29, 0.717) is 33.6 Å². The van der Waals surface area contributed by atoms with Gasteiger partial charge in [0.2, 0.25) is 0 Å². The second-order valence-corrected chi connectivity index (χ2v) is 7.18. The Morgan fingerprint density at radius 1 is 1.15 bits per heavy atom. The lowest BCUT2D eigenvalue weighted by molar-refractivity contribution is 0.0954. The Hall–Kier alpha value is -2.57. The van der Waals surface area contributed by atoms with Crippen molar-refractivity contribution in [1.82, 2.24) is 10.3 Å². The number of amides is 1. The van der Waals surface area contributed by atoms with Crippen LogP contribution in [0.25, 0.3) is 10.6 Å². The minimum Gasteiger partial charge on any atom is -0.493 e. The quantitative estimate of drug-likeness (QED) is 0.648. The van der Waals surface area contributed by atoms with Gasteiger partial charge in [-0.25, -0.2) is 4.98 Å². The number of carbonyl (C=O) groups is 1. The van der Waals surface area contributed by atoms with Crippen LogP contribution in [0.5, 0.6) is 11.5 Å². The lowest BCUT2D eigenvalue weighted by atomic mass is 10.2. The van der Waals surface area contributed by atoms with Crippen molar-refractivity contribution in [3.8, 4) is 22.1 Å². The van der Waals surface area contributed by atoms with Crippen molar-refractivity contribution in [2.75, 3.05) is 14.2 Å². The van der Waals surface area contributed by atoms with E-state index in [9.17, 15) is 4.79 Å². The monoisotopic (exact) mass is 402 g/mol. The molecule has 140 valence electrons. The fraction of sp³-hybridized carbons (Fsp3) is 0.200. The lowest BCUT2D eigenvalue weighted by Gasteiger charge is -2.08. The van der Waals surface area contributed by atoms with E-state index in [2.05, 4.69) is 10.3 Å². The van der Waals surface area contributed by atoms with Crippen LogP contribution >= 0.6 is 22.9 Å². The zero-order valence-corrected chi connectivity index (χ0v) is 16.8. The van der Waals surface area contributed by atoms with Gasteiger partial charge < -0.3 is 14.8 Å². The Morgan fingerprint density at radius 3 is 2.59 bits per heavy atom. The third kappa shape index (κ3) is 4.23. The Labute approximate surface area is 166 Å². The molecule has 0 aliphatic heterocycles. The van der Waals surface area contributed by atoms with Gasteiger partial charge in [-0.1, -0.05) is 29.8 Å². The number of aryl methyl sites for hydroxylation is 1. The highest BCUT2D eigenvalue weighted by molar-refractivity contribution is 7.17. The molecule has 1 N–H and O–H groups in total. The van der Waals surface area contributed by atoms with Crippen molar-refractivity contribution in [3.63, 3.8) is 0 Å². The molecule has 0 fully saturated rings. The topological polar surface area (TPSA) is 60.5 Å². The summed E-state index contributed by atoms with van der Waals surface area (Å²) in [6.07, 6.45) is 0. The van der Waals surface area contributed by atoms with Gasteiger partial charge >= 0.3 is 0 Å². The van der Waals surface area contributed by atoms with Crippen LogP contribution in [-0.4, -0.2) is 25.1 Å². The summed E-state index contributed by atoms with van der Waals surface area (Å²) in [5.41, 5.74) is 2.42. The number of carbonyl (C=O) groups excluding carboxylic acids is 1. The predicted octanol–water partition coefficient (Wildman–Crippen LogP) is 4.72. The Balaban J connectivity index is 1.80. The van der Waals surface area contributed by atoms with Gasteiger partial charge in [-0.15, -0.1) is 11.3 Å². The summed E-state index contributed by atoms with van der Waals surface area (Å²) < 4.78 is 10.6. The molecule has 0 bridgehead atoms. The molecule has 1 heterocycles. The van der Waals surface area contributed by atoms with E-state index in [-0.39, 0.29) is 5.91 Å². The van der Waals surface area contributed by atoms with E-state index in [0.717, 1.165) is 16.1 Å². The van der Waals surface area contributed by atoms with Crippen LogP contribution in [-0.2, 0) is 6.54 Å². The lowest BCUT2D eigenvalue weighted by Crippen LogP contribution is -2.22. The van der Waals surface area contributed by atoms with Crippen molar-refractivity contribution in [1.29, 1.82) is 0 Å². The number of hydrogen-bond donors (Lipinski definition) is 1. The maximum absolute atomic E-state index is 12.6. The molecule has 3 rings (SSSR count). The van der Waals surface area contributed by atoms with Gasteiger partial charge in [0.1, 0.15) is 9.88 Å². The fourth-order valence-corrected chi connectivity index (χ4v) is 3.78. The summed E-state index contributed by atoms with van der Waals surface area (Å²) >= 11 is 7.48. The molecule has 0 aliphatic rings. The number of thiazole rings is 1. The molecule has 0 radical (unpaired) electrons. The minimum absolute atomic E-state index is 0.170. The Morgan fingerprint density at radius 2 is 1.89 bits per heavy atom. The van der Waals surface area contributed by atoms with Crippen molar-refractivity contribution >= 4 is 28.8 Å². The average molecular weight is 403 g/mol. The highest BCUT2D eigenvalue weighted by atomic mass is 35.5. The molecule has 0 aliphatic carbocycles. The maximum atomic E-state index is 12.6. The third-order valence-electron chi connectivity index (χ3n) is 4.03. The van der Waals surface area contributed by atoms with Crippen LogP contribution in [0.3, 0.4) is 0 Å². The summed E-state index contributed by atoms with van der Waals surface area (Å²) in [5.74, 6) is 1.09. The summed E-state index contributed by atoms with van der Waals surface area (Å²) in [4.78, 5) is 17.7. The summed E-state index contributed by atoms with van der Waals surface area (Å²) in [6.45, 7) is 2.19. The first kappa shape index (κ1) is 19.2. The van der Waals surface area contributed by atoms with Crippen LogP contribution in [0, 0.1) is 6.92 Å². The predicted molar refractivity (Wildman–Crippen MR) is 108 cm³/mol. The largest absolute Gasteiger partial charge is 0.493 e. The number of rotatable bonds is 6. The zero-order chi connectivity index (χ0) is 19.4. The number of benzene rings is 2. The second kappa shape index (κ2) is 8.41. The first-order chi connectivity index (χ1) is 13.0. The molecule has 0 saturated carbocycles. The van der Waals surface area contributed by atoms with E-state index >= 15 is 0 Å². The van der Waals surface area contributed by atoms with E-state index in [1.54, 1.807) is 20.3 Å². The first-order valence-electron chi connectivity index (χ1n) is 8.25. The number of aromatic nitrogens is 1. The molecule has 0 atom stereocenters. The first-order valence-corrected chi connectivity index (χ1v) is 9.44. The normalized spacial score (nSPS) is 10.5. The van der Waals surface area contributed by atoms with Crippen LogP contribution in [0.15, 0.2) is 42.5 Å². The highest BCUT2D eigenvalue weighted by Gasteiger charge is 2.17. The molecule has 0 spiro atoms. The number of hydrogen-bond acceptors (Lipinski definition) is 5. The van der Waals surface area contributed by atoms with Crippen LogP contribution in [0.4, 0.5) is 0 Å². The SMILES string of the molecule is COc1ccc(-c2nc(C)c(C(=O)NCc3ccccc3Cl)s2)cc1OC.